The van der Waals surface area contributed by atoms with Crippen molar-refractivity contribution in [3.63, 3.8) is 0 Å². The molecular formula is C17H18ClNO4S. The number of sulfone groups is 1. The minimum Gasteiger partial charge on any atom is -0.497 e. The van der Waals surface area contributed by atoms with Crippen molar-refractivity contribution in [1.29, 1.82) is 0 Å². The Labute approximate surface area is 146 Å². The van der Waals surface area contributed by atoms with E-state index in [1.807, 2.05) is 0 Å². The minimum atomic E-state index is -3.70. The summed E-state index contributed by atoms with van der Waals surface area (Å²) in [4.78, 5) is 12.3. The van der Waals surface area contributed by atoms with Crippen LogP contribution in [0, 0.1) is 0 Å². The summed E-state index contributed by atoms with van der Waals surface area (Å²) in [5.41, 5.74) is 0.944. The molecule has 0 unspecified atom stereocenters. The van der Waals surface area contributed by atoms with Crippen LogP contribution in [0.25, 0.3) is 0 Å². The maximum absolute atomic E-state index is 12.5. The number of hydrogen-bond donors (Lipinski definition) is 1. The van der Waals surface area contributed by atoms with E-state index in [0.29, 0.717) is 22.0 Å². The van der Waals surface area contributed by atoms with Gasteiger partial charge in [-0.25, -0.2) is 8.42 Å². The highest BCUT2D eigenvalue weighted by atomic mass is 35.5. The Balaban J connectivity index is 2.12. The fourth-order valence-electron chi connectivity index (χ4n) is 2.06. The van der Waals surface area contributed by atoms with Crippen LogP contribution in [0.15, 0.2) is 48.5 Å². The van der Waals surface area contributed by atoms with Crippen LogP contribution in [0.4, 0.5) is 5.69 Å². The van der Waals surface area contributed by atoms with Crippen LogP contribution < -0.4 is 10.1 Å². The molecule has 0 aliphatic heterocycles. The Bertz CT molecular complexity index is 836. The van der Waals surface area contributed by atoms with Crippen LogP contribution in [-0.4, -0.2) is 26.7 Å². The zero-order chi connectivity index (χ0) is 17.7. The summed E-state index contributed by atoms with van der Waals surface area (Å²) in [5, 5.41) is 1.75. The number of ether oxygens (including phenoxy) is 1. The van der Waals surface area contributed by atoms with E-state index in [4.69, 9.17) is 16.3 Å². The topological polar surface area (TPSA) is 72.5 Å². The van der Waals surface area contributed by atoms with Gasteiger partial charge in [0.15, 0.2) is 9.84 Å². The van der Waals surface area contributed by atoms with Gasteiger partial charge in [0.05, 0.1) is 12.9 Å². The molecule has 0 saturated heterocycles. The lowest BCUT2D eigenvalue weighted by molar-refractivity contribution is -0.115. The summed E-state index contributed by atoms with van der Waals surface area (Å²) < 4.78 is 30.0. The molecule has 0 saturated carbocycles. The van der Waals surface area contributed by atoms with Gasteiger partial charge in [-0.3, -0.25) is 4.79 Å². The molecule has 2 rings (SSSR count). The summed E-state index contributed by atoms with van der Waals surface area (Å²) in [6.45, 7) is 1.36. The number of nitrogens with one attached hydrogen (secondary N) is 1. The largest absolute Gasteiger partial charge is 0.497 e. The van der Waals surface area contributed by atoms with Crippen molar-refractivity contribution in [2.24, 2.45) is 0 Å². The summed E-state index contributed by atoms with van der Waals surface area (Å²) in [6.07, 6.45) is 0. The fourth-order valence-corrected chi connectivity index (χ4v) is 3.67. The monoisotopic (exact) mass is 367 g/mol. The lowest BCUT2D eigenvalue weighted by Crippen LogP contribution is -2.33. The quantitative estimate of drug-likeness (QED) is 0.850. The maximum atomic E-state index is 12.5. The number of carbonyl (C=O) groups excluding carboxylic acids is 1. The third-order valence-corrected chi connectivity index (χ3v) is 5.93. The SMILES string of the molecule is COc1cccc(NC(=O)[C@@H](C)S(=O)(=O)Cc2ccccc2Cl)c1. The Kier molecular flexibility index (Phi) is 5.85. The molecule has 1 amide bonds. The van der Waals surface area contributed by atoms with E-state index in [1.165, 1.54) is 14.0 Å². The molecule has 24 heavy (non-hydrogen) atoms. The van der Waals surface area contributed by atoms with E-state index in [2.05, 4.69) is 5.32 Å². The summed E-state index contributed by atoms with van der Waals surface area (Å²) in [6, 6.07) is 13.4. The van der Waals surface area contributed by atoms with Crippen LogP contribution in [0.3, 0.4) is 0 Å². The first-order valence-corrected chi connectivity index (χ1v) is 9.32. The van der Waals surface area contributed by atoms with Gasteiger partial charge in [0.25, 0.3) is 0 Å². The van der Waals surface area contributed by atoms with Crippen molar-refractivity contribution in [2.75, 3.05) is 12.4 Å². The summed E-state index contributed by atoms with van der Waals surface area (Å²) in [7, 11) is -2.19. The number of hydrogen-bond acceptors (Lipinski definition) is 4. The molecule has 1 N–H and O–H groups in total. The van der Waals surface area contributed by atoms with E-state index in [9.17, 15) is 13.2 Å². The second-order valence-corrected chi connectivity index (χ2v) is 7.99. The van der Waals surface area contributed by atoms with Crippen LogP contribution in [0.2, 0.25) is 5.02 Å². The van der Waals surface area contributed by atoms with E-state index < -0.39 is 21.0 Å². The molecule has 2 aromatic rings. The first kappa shape index (κ1) is 18.3. The number of carbonyl (C=O) groups is 1. The third kappa shape index (κ3) is 4.49. The van der Waals surface area contributed by atoms with Crippen molar-refractivity contribution in [1.82, 2.24) is 0 Å². The van der Waals surface area contributed by atoms with E-state index in [-0.39, 0.29) is 5.75 Å². The van der Waals surface area contributed by atoms with Crippen molar-refractivity contribution >= 4 is 33.0 Å². The Morgan fingerprint density at radius 3 is 2.58 bits per heavy atom. The van der Waals surface area contributed by atoms with Gasteiger partial charge in [-0.05, 0) is 30.7 Å². The number of amides is 1. The van der Waals surface area contributed by atoms with Gasteiger partial charge >= 0.3 is 0 Å². The standard InChI is InChI=1S/C17H18ClNO4S/c1-12(17(20)19-14-7-5-8-15(10-14)23-2)24(21,22)11-13-6-3-4-9-16(13)18/h3-10,12H,11H2,1-2H3,(H,19,20)/t12-/m1/s1. The molecule has 0 heterocycles. The molecular weight excluding hydrogens is 350 g/mol. The van der Waals surface area contributed by atoms with Crippen molar-refractivity contribution in [3.05, 3.63) is 59.1 Å². The summed E-state index contributed by atoms with van der Waals surface area (Å²) >= 11 is 6.00. The predicted molar refractivity (Wildman–Crippen MR) is 95.2 cm³/mol. The molecule has 2 aromatic carbocycles. The van der Waals surface area contributed by atoms with E-state index in [0.717, 1.165) is 0 Å². The van der Waals surface area contributed by atoms with Crippen LogP contribution >= 0.6 is 11.6 Å². The zero-order valence-corrected chi connectivity index (χ0v) is 14.9. The van der Waals surface area contributed by atoms with Gasteiger partial charge < -0.3 is 10.1 Å². The first-order chi connectivity index (χ1) is 11.3. The van der Waals surface area contributed by atoms with Gasteiger partial charge in [0.1, 0.15) is 11.0 Å². The molecule has 7 heteroatoms. The number of methoxy groups -OCH3 is 1. The van der Waals surface area contributed by atoms with E-state index >= 15 is 0 Å². The molecule has 0 bridgehead atoms. The lowest BCUT2D eigenvalue weighted by atomic mass is 10.2. The van der Waals surface area contributed by atoms with Crippen LogP contribution in [0.5, 0.6) is 5.75 Å². The molecule has 128 valence electrons. The first-order valence-electron chi connectivity index (χ1n) is 7.23. The highest BCUT2D eigenvalue weighted by Gasteiger charge is 2.28. The maximum Gasteiger partial charge on any atom is 0.242 e. The average molecular weight is 368 g/mol. The Morgan fingerprint density at radius 1 is 1.21 bits per heavy atom. The molecule has 5 nitrogen and oxygen atoms in total. The predicted octanol–water partition coefficient (Wildman–Crippen LogP) is 3.29. The normalized spacial score (nSPS) is 12.5. The number of rotatable bonds is 6. The smallest absolute Gasteiger partial charge is 0.242 e. The van der Waals surface area contributed by atoms with Gasteiger partial charge in [-0.2, -0.15) is 0 Å². The van der Waals surface area contributed by atoms with Crippen molar-refractivity contribution in [3.8, 4) is 5.75 Å². The van der Waals surface area contributed by atoms with E-state index in [1.54, 1.807) is 48.5 Å². The third-order valence-electron chi connectivity index (χ3n) is 3.56. The molecule has 0 radical (unpaired) electrons. The van der Waals surface area contributed by atoms with Crippen molar-refractivity contribution < 1.29 is 17.9 Å². The van der Waals surface area contributed by atoms with Crippen LogP contribution in [0.1, 0.15) is 12.5 Å². The molecule has 0 fully saturated rings. The second kappa shape index (κ2) is 7.68. The molecule has 0 aromatic heterocycles. The van der Waals surface area contributed by atoms with Gasteiger partial charge in [0.2, 0.25) is 5.91 Å². The highest BCUT2D eigenvalue weighted by Crippen LogP contribution is 2.21. The number of benzene rings is 2. The second-order valence-electron chi connectivity index (χ2n) is 5.26. The van der Waals surface area contributed by atoms with Gasteiger partial charge in [-0.15, -0.1) is 0 Å². The molecule has 0 aliphatic rings. The van der Waals surface area contributed by atoms with Crippen molar-refractivity contribution in [2.45, 2.75) is 17.9 Å². The van der Waals surface area contributed by atoms with Gasteiger partial charge in [-0.1, -0.05) is 35.9 Å². The fraction of sp³-hybridized carbons (Fsp3) is 0.235. The lowest BCUT2D eigenvalue weighted by Gasteiger charge is -2.14. The Hall–Kier alpha value is -2.05. The van der Waals surface area contributed by atoms with Gasteiger partial charge in [0, 0.05) is 16.8 Å². The summed E-state index contributed by atoms with van der Waals surface area (Å²) in [5.74, 6) is -0.325. The number of anilines is 1. The molecule has 1 atom stereocenters. The van der Waals surface area contributed by atoms with Crippen LogP contribution in [-0.2, 0) is 20.4 Å². The molecule has 0 aliphatic carbocycles. The number of halogens is 1. The Morgan fingerprint density at radius 2 is 1.92 bits per heavy atom. The molecule has 0 spiro atoms. The average Bonchev–Trinajstić information content (AvgIpc) is 2.56. The highest BCUT2D eigenvalue weighted by molar-refractivity contribution is 7.92. The zero-order valence-electron chi connectivity index (χ0n) is 13.3. The minimum absolute atomic E-state index is 0.292.